The lowest BCUT2D eigenvalue weighted by Crippen LogP contribution is -1.84. The van der Waals surface area contributed by atoms with Crippen molar-refractivity contribution < 1.29 is 9.84 Å². The minimum absolute atomic E-state index is 0.138. The van der Waals surface area contributed by atoms with Gasteiger partial charge in [-0.2, -0.15) is 0 Å². The molecule has 0 aliphatic carbocycles. The van der Waals surface area contributed by atoms with E-state index in [1.165, 1.54) is 7.11 Å². The van der Waals surface area contributed by atoms with Crippen LogP contribution < -0.4 is 4.74 Å². The molecule has 0 radical (unpaired) electrons. The first-order valence-corrected chi connectivity index (χ1v) is 3.57. The first-order chi connectivity index (χ1) is 5.77. The van der Waals surface area contributed by atoms with Crippen LogP contribution in [0.3, 0.4) is 0 Å². The van der Waals surface area contributed by atoms with E-state index in [2.05, 4.69) is 11.8 Å². The van der Waals surface area contributed by atoms with Crippen molar-refractivity contribution in [3.05, 3.63) is 23.8 Å². The maximum Gasteiger partial charge on any atom is 0.161 e. The predicted molar refractivity (Wildman–Crippen MR) is 47.2 cm³/mol. The summed E-state index contributed by atoms with van der Waals surface area (Å²) in [6, 6.07) is 5.01. The van der Waals surface area contributed by atoms with Crippen molar-refractivity contribution in [2.45, 2.75) is 6.92 Å². The minimum atomic E-state index is 0.138. The average Bonchev–Trinajstić information content (AvgIpc) is 2.09. The van der Waals surface area contributed by atoms with Gasteiger partial charge in [0.2, 0.25) is 0 Å². The molecule has 0 spiro atoms. The largest absolute Gasteiger partial charge is 0.504 e. The second-order valence-electron chi connectivity index (χ2n) is 2.26. The molecule has 0 aliphatic rings. The lowest BCUT2D eigenvalue weighted by atomic mass is 10.2. The number of hydrogen-bond acceptors (Lipinski definition) is 2. The quantitative estimate of drug-likeness (QED) is 0.638. The fourth-order valence-electron chi connectivity index (χ4n) is 0.900. The average molecular weight is 162 g/mol. The first kappa shape index (κ1) is 8.48. The summed E-state index contributed by atoms with van der Waals surface area (Å²) >= 11 is 0. The highest BCUT2D eigenvalue weighted by molar-refractivity contribution is 5.47. The van der Waals surface area contributed by atoms with Crippen LogP contribution in [0.5, 0.6) is 11.5 Å². The number of phenols is 1. The van der Waals surface area contributed by atoms with Gasteiger partial charge in [0.25, 0.3) is 0 Å². The summed E-state index contributed by atoms with van der Waals surface area (Å²) in [5.41, 5.74) is 0.840. The van der Waals surface area contributed by atoms with Crippen LogP contribution in [0.4, 0.5) is 0 Å². The number of rotatable bonds is 1. The Kier molecular flexibility index (Phi) is 2.60. The van der Waals surface area contributed by atoms with Crippen molar-refractivity contribution in [3.63, 3.8) is 0 Å². The van der Waals surface area contributed by atoms with Crippen LogP contribution in [-0.2, 0) is 0 Å². The molecule has 0 saturated heterocycles. The molecule has 1 aromatic rings. The van der Waals surface area contributed by atoms with Gasteiger partial charge in [-0.05, 0) is 25.1 Å². The number of phenolic OH excluding ortho intramolecular Hbond substituents is 1. The van der Waals surface area contributed by atoms with E-state index in [0.717, 1.165) is 5.56 Å². The van der Waals surface area contributed by atoms with Crippen LogP contribution >= 0.6 is 0 Å². The molecule has 0 aromatic heterocycles. The van der Waals surface area contributed by atoms with Crippen LogP contribution in [0.1, 0.15) is 12.5 Å². The topological polar surface area (TPSA) is 29.5 Å². The van der Waals surface area contributed by atoms with E-state index in [1.807, 2.05) is 0 Å². The molecule has 62 valence electrons. The van der Waals surface area contributed by atoms with Gasteiger partial charge < -0.3 is 9.84 Å². The molecule has 0 heterocycles. The molecule has 0 saturated carbocycles. The molecule has 2 heteroatoms. The number of ether oxygens (including phenoxy) is 1. The smallest absolute Gasteiger partial charge is 0.161 e. The highest BCUT2D eigenvalue weighted by Crippen LogP contribution is 2.25. The van der Waals surface area contributed by atoms with E-state index < -0.39 is 0 Å². The second kappa shape index (κ2) is 3.68. The Morgan fingerprint density at radius 2 is 2.17 bits per heavy atom. The summed E-state index contributed by atoms with van der Waals surface area (Å²) in [6.07, 6.45) is 0. The predicted octanol–water partition coefficient (Wildman–Crippen LogP) is 1.77. The Balaban J connectivity index is 3.10. The normalized spacial score (nSPS) is 8.50. The van der Waals surface area contributed by atoms with Crippen molar-refractivity contribution in [2.75, 3.05) is 7.11 Å². The van der Waals surface area contributed by atoms with Gasteiger partial charge in [0.1, 0.15) is 0 Å². The SMILES string of the molecule is CC#Cc1ccc(O)c(OC)c1. The highest BCUT2D eigenvalue weighted by atomic mass is 16.5. The molecule has 0 bridgehead atoms. The van der Waals surface area contributed by atoms with Gasteiger partial charge in [-0.3, -0.25) is 0 Å². The third kappa shape index (κ3) is 1.70. The van der Waals surface area contributed by atoms with E-state index in [9.17, 15) is 5.11 Å². The summed E-state index contributed by atoms with van der Waals surface area (Å²) in [4.78, 5) is 0. The molecule has 1 N–H and O–H groups in total. The zero-order chi connectivity index (χ0) is 8.97. The van der Waals surface area contributed by atoms with Crippen LogP contribution in [0.25, 0.3) is 0 Å². The third-order valence-corrected chi connectivity index (χ3v) is 1.45. The van der Waals surface area contributed by atoms with Gasteiger partial charge in [0.05, 0.1) is 7.11 Å². The minimum Gasteiger partial charge on any atom is -0.504 e. The second-order valence-corrected chi connectivity index (χ2v) is 2.26. The van der Waals surface area contributed by atoms with E-state index in [1.54, 1.807) is 25.1 Å². The molecule has 0 amide bonds. The number of aromatic hydroxyl groups is 1. The van der Waals surface area contributed by atoms with Gasteiger partial charge in [-0.25, -0.2) is 0 Å². The number of hydrogen-bond donors (Lipinski definition) is 1. The van der Waals surface area contributed by atoms with Crippen molar-refractivity contribution >= 4 is 0 Å². The van der Waals surface area contributed by atoms with Crippen LogP contribution in [-0.4, -0.2) is 12.2 Å². The van der Waals surface area contributed by atoms with E-state index in [4.69, 9.17) is 4.74 Å². The Bertz CT molecular complexity index is 331. The Morgan fingerprint density at radius 1 is 1.42 bits per heavy atom. The summed E-state index contributed by atoms with van der Waals surface area (Å²) in [5, 5.41) is 9.23. The van der Waals surface area contributed by atoms with Crippen LogP contribution in [0.15, 0.2) is 18.2 Å². The molecular formula is C10H10O2. The molecule has 2 nitrogen and oxygen atoms in total. The Hall–Kier alpha value is -1.62. The lowest BCUT2D eigenvalue weighted by molar-refractivity contribution is 0.373. The number of benzene rings is 1. The van der Waals surface area contributed by atoms with Crippen molar-refractivity contribution in [2.24, 2.45) is 0 Å². The van der Waals surface area contributed by atoms with E-state index >= 15 is 0 Å². The number of methoxy groups -OCH3 is 1. The summed E-state index contributed by atoms with van der Waals surface area (Å²) in [7, 11) is 1.51. The summed E-state index contributed by atoms with van der Waals surface area (Å²) < 4.78 is 4.91. The fourth-order valence-corrected chi connectivity index (χ4v) is 0.900. The van der Waals surface area contributed by atoms with Gasteiger partial charge in [0.15, 0.2) is 11.5 Å². The molecular weight excluding hydrogens is 152 g/mol. The van der Waals surface area contributed by atoms with E-state index in [0.29, 0.717) is 5.75 Å². The van der Waals surface area contributed by atoms with Gasteiger partial charge in [-0.1, -0.05) is 5.92 Å². The summed E-state index contributed by atoms with van der Waals surface area (Å²) in [6.45, 7) is 1.76. The third-order valence-electron chi connectivity index (χ3n) is 1.45. The molecule has 12 heavy (non-hydrogen) atoms. The standard InChI is InChI=1S/C10H10O2/c1-3-4-8-5-6-9(11)10(7-8)12-2/h5-7,11H,1-2H3. The molecule has 1 rings (SSSR count). The Labute approximate surface area is 71.8 Å². The maximum atomic E-state index is 9.23. The molecule has 1 aromatic carbocycles. The molecule has 0 aliphatic heterocycles. The first-order valence-electron chi connectivity index (χ1n) is 3.57. The van der Waals surface area contributed by atoms with Crippen LogP contribution in [0.2, 0.25) is 0 Å². The zero-order valence-electron chi connectivity index (χ0n) is 7.09. The van der Waals surface area contributed by atoms with E-state index in [-0.39, 0.29) is 5.75 Å². The zero-order valence-corrected chi connectivity index (χ0v) is 7.09. The molecule has 0 atom stereocenters. The monoisotopic (exact) mass is 162 g/mol. The Morgan fingerprint density at radius 3 is 2.75 bits per heavy atom. The summed E-state index contributed by atoms with van der Waals surface area (Å²) in [5.74, 6) is 6.23. The molecule has 0 fully saturated rings. The molecule has 0 unspecified atom stereocenters. The van der Waals surface area contributed by atoms with Gasteiger partial charge >= 0.3 is 0 Å². The maximum absolute atomic E-state index is 9.23. The highest BCUT2D eigenvalue weighted by Gasteiger charge is 1.99. The van der Waals surface area contributed by atoms with Crippen molar-refractivity contribution in [1.82, 2.24) is 0 Å². The lowest BCUT2D eigenvalue weighted by Gasteiger charge is -2.02. The van der Waals surface area contributed by atoms with Gasteiger partial charge in [0, 0.05) is 5.56 Å². The fraction of sp³-hybridized carbons (Fsp3) is 0.200. The van der Waals surface area contributed by atoms with Crippen molar-refractivity contribution in [1.29, 1.82) is 0 Å². The van der Waals surface area contributed by atoms with Gasteiger partial charge in [-0.15, -0.1) is 5.92 Å². The van der Waals surface area contributed by atoms with Crippen molar-refractivity contribution in [3.8, 4) is 23.3 Å². The van der Waals surface area contributed by atoms with Crippen LogP contribution in [0, 0.1) is 11.8 Å².